The first-order valence-electron chi connectivity index (χ1n) is 5.51. The molecule has 2 rings (SSSR count). The molecule has 1 saturated carbocycles. The molecule has 78 valence electrons. The van der Waals surface area contributed by atoms with E-state index in [-0.39, 0.29) is 11.7 Å². The summed E-state index contributed by atoms with van der Waals surface area (Å²) < 4.78 is 0. The Morgan fingerprint density at radius 1 is 1.14 bits per heavy atom. The third kappa shape index (κ3) is 1.56. The maximum absolute atomic E-state index is 11.6. The number of nitrogens with zero attached hydrogens (tertiary/aromatic N) is 1. The third-order valence-corrected chi connectivity index (χ3v) is 3.57. The zero-order chi connectivity index (χ0) is 10.1. The molecule has 0 spiro atoms. The lowest BCUT2D eigenvalue weighted by Gasteiger charge is -2.30. The lowest BCUT2D eigenvalue weighted by atomic mass is 9.85. The minimum Gasteiger partial charge on any atom is -0.333 e. The van der Waals surface area contributed by atoms with Crippen molar-refractivity contribution in [1.29, 1.82) is 0 Å². The maximum Gasteiger partial charge on any atom is 0.289 e. The molecule has 1 heterocycles. The van der Waals surface area contributed by atoms with E-state index in [0.717, 1.165) is 19.4 Å². The standard InChI is InChI=1S/C11H17NO2/c1-8(13)11(14)12-7-6-9-4-2-3-5-10(9)12/h9-10H,2-7H2,1H3/t9-,10?/m0/s1. The van der Waals surface area contributed by atoms with Gasteiger partial charge in [-0.15, -0.1) is 0 Å². The van der Waals surface area contributed by atoms with Crippen molar-refractivity contribution in [3.05, 3.63) is 0 Å². The SMILES string of the molecule is CC(=O)C(=O)N1CC[C@@H]2CCCCC21. The fourth-order valence-electron chi connectivity index (χ4n) is 2.86. The van der Waals surface area contributed by atoms with E-state index in [0.29, 0.717) is 12.0 Å². The van der Waals surface area contributed by atoms with E-state index in [1.165, 1.54) is 26.2 Å². The number of ketones is 1. The zero-order valence-corrected chi connectivity index (χ0v) is 8.66. The number of fused-ring (bicyclic) bond motifs is 1. The third-order valence-electron chi connectivity index (χ3n) is 3.57. The van der Waals surface area contributed by atoms with E-state index >= 15 is 0 Å². The maximum atomic E-state index is 11.6. The Bertz CT molecular complexity index is 262. The fraction of sp³-hybridized carbons (Fsp3) is 0.818. The highest BCUT2D eigenvalue weighted by Crippen LogP contribution is 2.36. The molecule has 3 heteroatoms. The molecule has 0 bridgehead atoms. The molecular weight excluding hydrogens is 178 g/mol. The summed E-state index contributed by atoms with van der Waals surface area (Å²) in [6.07, 6.45) is 5.95. The monoisotopic (exact) mass is 195 g/mol. The summed E-state index contributed by atoms with van der Waals surface area (Å²) in [5.74, 6) is 0.0997. The van der Waals surface area contributed by atoms with Crippen LogP contribution in [0, 0.1) is 5.92 Å². The van der Waals surface area contributed by atoms with E-state index in [1.54, 1.807) is 0 Å². The van der Waals surface area contributed by atoms with Crippen molar-refractivity contribution in [2.24, 2.45) is 5.92 Å². The van der Waals surface area contributed by atoms with Crippen LogP contribution >= 0.6 is 0 Å². The van der Waals surface area contributed by atoms with Crippen LogP contribution in [0.4, 0.5) is 0 Å². The van der Waals surface area contributed by atoms with Crippen LogP contribution in [0.15, 0.2) is 0 Å². The highest BCUT2D eigenvalue weighted by Gasteiger charge is 2.38. The van der Waals surface area contributed by atoms with Crippen molar-refractivity contribution >= 4 is 11.7 Å². The minimum atomic E-state index is -0.309. The normalized spacial score (nSPS) is 31.4. The molecular formula is C11H17NO2. The molecule has 2 aliphatic rings. The summed E-state index contributed by atoms with van der Waals surface area (Å²) in [4.78, 5) is 24.4. The van der Waals surface area contributed by atoms with Crippen LogP contribution in [0.2, 0.25) is 0 Å². The quantitative estimate of drug-likeness (QED) is 0.592. The molecule has 14 heavy (non-hydrogen) atoms. The summed E-state index contributed by atoms with van der Waals surface area (Å²) >= 11 is 0. The molecule has 2 fully saturated rings. The highest BCUT2D eigenvalue weighted by molar-refractivity contribution is 6.35. The van der Waals surface area contributed by atoms with Crippen molar-refractivity contribution in [3.8, 4) is 0 Å². The summed E-state index contributed by atoms with van der Waals surface area (Å²) in [6.45, 7) is 2.17. The first kappa shape index (κ1) is 9.69. The molecule has 3 nitrogen and oxygen atoms in total. The van der Waals surface area contributed by atoms with Crippen LogP contribution in [0.25, 0.3) is 0 Å². The predicted molar refractivity (Wildman–Crippen MR) is 52.8 cm³/mol. The van der Waals surface area contributed by atoms with Gasteiger partial charge in [-0.25, -0.2) is 0 Å². The Kier molecular flexibility index (Phi) is 2.57. The molecule has 1 saturated heterocycles. The Hall–Kier alpha value is -0.860. The topological polar surface area (TPSA) is 37.4 Å². The average Bonchev–Trinajstić information content (AvgIpc) is 2.60. The van der Waals surface area contributed by atoms with Gasteiger partial charge in [-0.05, 0) is 25.2 Å². The molecule has 2 atom stereocenters. The number of likely N-dealkylation sites (tertiary alicyclic amines) is 1. The average molecular weight is 195 g/mol. The second-order valence-electron chi connectivity index (χ2n) is 4.46. The van der Waals surface area contributed by atoms with Crippen molar-refractivity contribution < 1.29 is 9.59 Å². The second-order valence-corrected chi connectivity index (χ2v) is 4.46. The van der Waals surface area contributed by atoms with E-state index in [9.17, 15) is 9.59 Å². The van der Waals surface area contributed by atoms with Gasteiger partial charge in [0.25, 0.3) is 5.91 Å². The number of Topliss-reactive ketones (excluding diaryl/α,β-unsaturated/α-hetero) is 1. The summed E-state index contributed by atoms with van der Waals surface area (Å²) in [6, 6.07) is 0.375. The van der Waals surface area contributed by atoms with Gasteiger partial charge in [0.15, 0.2) is 0 Å². The first-order valence-corrected chi connectivity index (χ1v) is 5.51. The van der Waals surface area contributed by atoms with Crippen molar-refractivity contribution in [1.82, 2.24) is 4.90 Å². The van der Waals surface area contributed by atoms with Gasteiger partial charge >= 0.3 is 0 Å². The molecule has 1 aliphatic carbocycles. The number of hydrogen-bond donors (Lipinski definition) is 0. The Morgan fingerprint density at radius 2 is 1.86 bits per heavy atom. The van der Waals surface area contributed by atoms with Crippen molar-refractivity contribution in [2.45, 2.75) is 45.1 Å². The van der Waals surface area contributed by atoms with Gasteiger partial charge in [0.05, 0.1) is 0 Å². The van der Waals surface area contributed by atoms with Gasteiger partial charge in [-0.2, -0.15) is 0 Å². The molecule has 0 radical (unpaired) electrons. The molecule has 1 amide bonds. The van der Waals surface area contributed by atoms with Crippen LogP contribution in [0.5, 0.6) is 0 Å². The molecule has 0 aromatic heterocycles. The lowest BCUT2D eigenvalue weighted by molar-refractivity contribution is -0.144. The zero-order valence-electron chi connectivity index (χ0n) is 8.66. The van der Waals surface area contributed by atoms with Gasteiger partial charge in [0.2, 0.25) is 5.78 Å². The predicted octanol–water partition coefficient (Wildman–Crippen LogP) is 1.37. The van der Waals surface area contributed by atoms with Gasteiger partial charge < -0.3 is 4.90 Å². The van der Waals surface area contributed by atoms with E-state index < -0.39 is 0 Å². The Labute approximate surface area is 84.5 Å². The van der Waals surface area contributed by atoms with E-state index in [1.807, 2.05) is 4.90 Å². The second kappa shape index (κ2) is 3.71. The first-order chi connectivity index (χ1) is 6.70. The Morgan fingerprint density at radius 3 is 2.57 bits per heavy atom. The van der Waals surface area contributed by atoms with E-state index in [4.69, 9.17) is 0 Å². The molecule has 1 unspecified atom stereocenters. The van der Waals surface area contributed by atoms with Gasteiger partial charge in [-0.3, -0.25) is 9.59 Å². The molecule has 1 aliphatic heterocycles. The summed E-state index contributed by atoms with van der Waals surface area (Å²) in [5.41, 5.74) is 0. The number of carbonyl (C=O) groups is 2. The van der Waals surface area contributed by atoms with E-state index in [2.05, 4.69) is 0 Å². The number of hydrogen-bond acceptors (Lipinski definition) is 2. The Balaban J connectivity index is 2.07. The highest BCUT2D eigenvalue weighted by atomic mass is 16.2. The van der Waals surface area contributed by atoms with Crippen LogP contribution < -0.4 is 0 Å². The number of carbonyl (C=O) groups excluding carboxylic acids is 2. The number of rotatable bonds is 1. The summed E-state index contributed by atoms with van der Waals surface area (Å²) in [7, 11) is 0. The van der Waals surface area contributed by atoms with Crippen LogP contribution in [0.3, 0.4) is 0 Å². The lowest BCUT2D eigenvalue weighted by Crippen LogP contribution is -2.42. The van der Waals surface area contributed by atoms with Crippen LogP contribution in [-0.4, -0.2) is 29.2 Å². The van der Waals surface area contributed by atoms with Crippen LogP contribution in [0.1, 0.15) is 39.0 Å². The fourth-order valence-corrected chi connectivity index (χ4v) is 2.86. The molecule has 0 aromatic carbocycles. The van der Waals surface area contributed by atoms with Crippen molar-refractivity contribution in [3.63, 3.8) is 0 Å². The van der Waals surface area contributed by atoms with Gasteiger partial charge in [-0.1, -0.05) is 12.8 Å². The van der Waals surface area contributed by atoms with Gasteiger partial charge in [0, 0.05) is 19.5 Å². The summed E-state index contributed by atoms with van der Waals surface area (Å²) in [5, 5.41) is 0. The number of amides is 1. The molecule has 0 N–H and O–H groups in total. The van der Waals surface area contributed by atoms with Gasteiger partial charge in [0.1, 0.15) is 0 Å². The minimum absolute atomic E-state index is 0.264. The van der Waals surface area contributed by atoms with Crippen LogP contribution in [-0.2, 0) is 9.59 Å². The van der Waals surface area contributed by atoms with Crippen molar-refractivity contribution in [2.75, 3.05) is 6.54 Å². The smallest absolute Gasteiger partial charge is 0.289 e. The molecule has 0 aromatic rings. The largest absolute Gasteiger partial charge is 0.333 e.